The van der Waals surface area contributed by atoms with E-state index in [9.17, 15) is 9.50 Å². The van der Waals surface area contributed by atoms with Crippen molar-refractivity contribution in [2.24, 2.45) is 0 Å². The molecule has 0 fully saturated rings. The van der Waals surface area contributed by atoms with Crippen molar-refractivity contribution in [3.8, 4) is 0 Å². The Labute approximate surface area is 128 Å². The van der Waals surface area contributed by atoms with Crippen molar-refractivity contribution in [3.63, 3.8) is 0 Å². The molecule has 0 aromatic heterocycles. The van der Waals surface area contributed by atoms with Crippen molar-refractivity contribution >= 4 is 31.9 Å². The number of aliphatic hydroxyl groups is 1. The van der Waals surface area contributed by atoms with Gasteiger partial charge in [0.25, 0.3) is 0 Å². The summed E-state index contributed by atoms with van der Waals surface area (Å²) in [6.07, 6.45) is 0.404. The Morgan fingerprint density at radius 2 is 1.58 bits per heavy atom. The van der Waals surface area contributed by atoms with Gasteiger partial charge in [0.15, 0.2) is 0 Å². The highest BCUT2D eigenvalue weighted by Crippen LogP contribution is 2.22. The summed E-state index contributed by atoms with van der Waals surface area (Å²) in [6.45, 7) is 0. The molecule has 0 aliphatic carbocycles. The third kappa shape index (κ3) is 4.13. The van der Waals surface area contributed by atoms with Gasteiger partial charge in [-0.15, -0.1) is 0 Å². The minimum Gasteiger partial charge on any atom is -0.392 e. The van der Waals surface area contributed by atoms with Crippen LogP contribution in [0.3, 0.4) is 0 Å². The maximum absolute atomic E-state index is 13.2. The number of hydrogen-bond acceptors (Lipinski definition) is 1. The molecule has 2 aromatic carbocycles. The number of rotatable bonds is 4. The zero-order valence-electron chi connectivity index (χ0n) is 10.1. The fraction of sp³-hybridized carbons (Fsp3) is 0.200. The first-order chi connectivity index (χ1) is 9.06. The van der Waals surface area contributed by atoms with E-state index in [0.717, 1.165) is 20.1 Å². The quantitative estimate of drug-likeness (QED) is 0.818. The maximum Gasteiger partial charge on any atom is 0.123 e. The van der Waals surface area contributed by atoms with Crippen molar-refractivity contribution in [1.29, 1.82) is 0 Å². The van der Waals surface area contributed by atoms with E-state index in [2.05, 4.69) is 31.9 Å². The second kappa shape index (κ2) is 6.64. The molecule has 1 atom stereocenters. The molecule has 1 N–H and O–H groups in total. The lowest BCUT2D eigenvalue weighted by molar-refractivity contribution is 0.175. The fourth-order valence-corrected chi connectivity index (χ4v) is 2.80. The Kier molecular flexibility index (Phi) is 5.13. The topological polar surface area (TPSA) is 20.2 Å². The van der Waals surface area contributed by atoms with E-state index in [4.69, 9.17) is 0 Å². The Bertz CT molecular complexity index is 572. The van der Waals surface area contributed by atoms with E-state index in [-0.39, 0.29) is 5.82 Å². The minimum absolute atomic E-state index is 0.286. The lowest BCUT2D eigenvalue weighted by Crippen LogP contribution is -2.14. The van der Waals surface area contributed by atoms with Gasteiger partial charge in [-0.3, -0.25) is 0 Å². The van der Waals surface area contributed by atoms with Crippen LogP contribution in [0.4, 0.5) is 4.39 Å². The molecule has 4 heteroatoms. The van der Waals surface area contributed by atoms with Gasteiger partial charge in [-0.2, -0.15) is 0 Å². The van der Waals surface area contributed by atoms with Crippen LogP contribution in [0, 0.1) is 5.82 Å². The van der Waals surface area contributed by atoms with Crippen molar-refractivity contribution in [2.45, 2.75) is 18.9 Å². The van der Waals surface area contributed by atoms with Gasteiger partial charge in [-0.05, 0) is 48.2 Å². The van der Waals surface area contributed by atoms with Gasteiger partial charge in [-0.25, -0.2) is 4.39 Å². The fourth-order valence-electron chi connectivity index (χ4n) is 1.94. The molecule has 0 saturated heterocycles. The second-order valence-corrected chi connectivity index (χ2v) is 6.10. The van der Waals surface area contributed by atoms with Crippen LogP contribution in [0.15, 0.2) is 51.4 Å². The summed E-state index contributed by atoms with van der Waals surface area (Å²) < 4.78 is 15.0. The van der Waals surface area contributed by atoms with E-state index < -0.39 is 6.10 Å². The summed E-state index contributed by atoms with van der Waals surface area (Å²) in [5.41, 5.74) is 1.82. The van der Waals surface area contributed by atoms with E-state index in [1.54, 1.807) is 6.07 Å². The number of benzene rings is 2. The zero-order chi connectivity index (χ0) is 13.8. The molecule has 0 aliphatic heterocycles. The zero-order valence-corrected chi connectivity index (χ0v) is 13.3. The first-order valence-corrected chi connectivity index (χ1v) is 7.50. The number of aliphatic hydroxyl groups excluding tert-OH is 1. The predicted molar refractivity (Wildman–Crippen MR) is 81.7 cm³/mol. The predicted octanol–water partition coefficient (Wildman–Crippen LogP) is 4.50. The van der Waals surface area contributed by atoms with Crippen molar-refractivity contribution < 1.29 is 9.50 Å². The molecule has 0 saturated carbocycles. The Hall–Kier alpha value is -0.710. The van der Waals surface area contributed by atoms with Crippen molar-refractivity contribution in [1.82, 2.24) is 0 Å². The van der Waals surface area contributed by atoms with Gasteiger partial charge >= 0.3 is 0 Å². The van der Waals surface area contributed by atoms with Crippen LogP contribution >= 0.6 is 31.9 Å². The molecule has 0 amide bonds. The normalized spacial score (nSPS) is 12.4. The summed E-state index contributed by atoms with van der Waals surface area (Å²) >= 11 is 6.83. The van der Waals surface area contributed by atoms with Crippen LogP contribution < -0.4 is 0 Å². The Morgan fingerprint density at radius 1 is 0.947 bits per heavy atom. The van der Waals surface area contributed by atoms with Crippen LogP contribution in [0.1, 0.15) is 11.1 Å². The van der Waals surface area contributed by atoms with Crippen LogP contribution in [0.2, 0.25) is 0 Å². The summed E-state index contributed by atoms with van der Waals surface area (Å²) in [7, 11) is 0. The van der Waals surface area contributed by atoms with Crippen LogP contribution in [-0.2, 0) is 12.8 Å². The SMILES string of the molecule is OC(Cc1ccccc1Br)Cc1cc(F)ccc1Br. The summed E-state index contributed by atoms with van der Waals surface area (Å²) in [5, 5.41) is 10.1. The molecule has 0 radical (unpaired) electrons. The molecule has 19 heavy (non-hydrogen) atoms. The maximum atomic E-state index is 13.2. The summed E-state index contributed by atoms with van der Waals surface area (Å²) in [5.74, 6) is -0.286. The van der Waals surface area contributed by atoms with Crippen molar-refractivity contribution in [3.05, 3.63) is 68.4 Å². The third-order valence-electron chi connectivity index (χ3n) is 2.88. The standard InChI is InChI=1S/C15H13Br2FO/c16-14-4-2-1-3-10(14)8-13(19)9-11-7-12(18)5-6-15(11)17/h1-7,13,19H,8-9H2. The third-order valence-corrected chi connectivity index (χ3v) is 4.42. The highest BCUT2D eigenvalue weighted by molar-refractivity contribution is 9.10. The van der Waals surface area contributed by atoms with Gasteiger partial charge in [-0.1, -0.05) is 50.1 Å². The molecule has 0 bridgehead atoms. The number of halogens is 3. The highest BCUT2D eigenvalue weighted by atomic mass is 79.9. The first-order valence-electron chi connectivity index (χ1n) is 5.91. The molecular formula is C15H13Br2FO. The minimum atomic E-state index is -0.545. The molecule has 2 aromatic rings. The molecule has 2 rings (SSSR count). The van der Waals surface area contributed by atoms with E-state index in [1.165, 1.54) is 12.1 Å². The smallest absolute Gasteiger partial charge is 0.123 e. The van der Waals surface area contributed by atoms with Gasteiger partial charge < -0.3 is 5.11 Å². The molecule has 1 unspecified atom stereocenters. The largest absolute Gasteiger partial charge is 0.392 e. The Balaban J connectivity index is 2.07. The molecule has 1 nitrogen and oxygen atoms in total. The second-order valence-electron chi connectivity index (χ2n) is 4.39. The lowest BCUT2D eigenvalue weighted by atomic mass is 10.0. The van der Waals surface area contributed by atoms with Gasteiger partial charge in [0.05, 0.1) is 6.10 Å². The van der Waals surface area contributed by atoms with E-state index in [1.807, 2.05) is 24.3 Å². The van der Waals surface area contributed by atoms with Crippen LogP contribution in [0.5, 0.6) is 0 Å². The van der Waals surface area contributed by atoms with Crippen LogP contribution in [-0.4, -0.2) is 11.2 Å². The van der Waals surface area contributed by atoms with Crippen molar-refractivity contribution in [2.75, 3.05) is 0 Å². The molecule has 0 spiro atoms. The van der Waals surface area contributed by atoms with Gasteiger partial charge in [0.2, 0.25) is 0 Å². The molecule has 100 valence electrons. The summed E-state index contributed by atoms with van der Waals surface area (Å²) in [4.78, 5) is 0. The molecule has 0 heterocycles. The molecular weight excluding hydrogens is 375 g/mol. The molecule has 0 aliphatic rings. The number of hydrogen-bond donors (Lipinski definition) is 1. The van der Waals surface area contributed by atoms with E-state index >= 15 is 0 Å². The van der Waals surface area contributed by atoms with Gasteiger partial charge in [0, 0.05) is 8.95 Å². The Morgan fingerprint density at radius 3 is 2.32 bits per heavy atom. The summed E-state index contributed by atoms with van der Waals surface area (Å²) in [6, 6.07) is 12.3. The lowest BCUT2D eigenvalue weighted by Gasteiger charge is -2.13. The average Bonchev–Trinajstić information content (AvgIpc) is 2.37. The van der Waals surface area contributed by atoms with E-state index in [0.29, 0.717) is 12.8 Å². The van der Waals surface area contributed by atoms with Crippen LogP contribution in [0.25, 0.3) is 0 Å². The first kappa shape index (κ1) is 14.7. The highest BCUT2D eigenvalue weighted by Gasteiger charge is 2.11. The average molecular weight is 388 g/mol. The van der Waals surface area contributed by atoms with Gasteiger partial charge in [0.1, 0.15) is 5.82 Å². The monoisotopic (exact) mass is 386 g/mol.